The van der Waals surface area contributed by atoms with Crippen molar-refractivity contribution in [2.45, 2.75) is 19.7 Å². The maximum Gasteiger partial charge on any atom is 0.387 e. The Bertz CT molecular complexity index is 845. The van der Waals surface area contributed by atoms with Crippen LogP contribution >= 0.6 is 0 Å². The number of methoxy groups -OCH3 is 1. The van der Waals surface area contributed by atoms with Crippen LogP contribution in [0.25, 0.3) is 0 Å². The highest BCUT2D eigenvalue weighted by Gasteiger charge is 2.12. The van der Waals surface area contributed by atoms with Gasteiger partial charge in [0.05, 0.1) is 20.2 Å². The van der Waals surface area contributed by atoms with Gasteiger partial charge in [-0.3, -0.25) is 4.79 Å². The van der Waals surface area contributed by atoms with E-state index in [1.807, 2.05) is 30.3 Å². The van der Waals surface area contributed by atoms with Gasteiger partial charge in [0.2, 0.25) is 5.91 Å². The number of rotatable bonds is 9. The van der Waals surface area contributed by atoms with Crippen molar-refractivity contribution in [1.29, 1.82) is 0 Å². The molecule has 0 saturated heterocycles. The lowest BCUT2D eigenvalue weighted by Gasteiger charge is -2.17. The number of likely N-dealkylation sites (N-methyl/N-ethyl adjacent to an activating group) is 1. The van der Waals surface area contributed by atoms with Gasteiger partial charge in [-0.25, -0.2) is 4.99 Å². The average molecular weight is 420 g/mol. The summed E-state index contributed by atoms with van der Waals surface area (Å²) < 4.78 is 35.2. The minimum atomic E-state index is -2.95. The average Bonchev–Trinajstić information content (AvgIpc) is 2.74. The van der Waals surface area contributed by atoms with Gasteiger partial charge < -0.3 is 25.0 Å². The Hall–Kier alpha value is -3.36. The Morgan fingerprint density at radius 1 is 1.13 bits per heavy atom. The zero-order valence-corrected chi connectivity index (χ0v) is 17.2. The van der Waals surface area contributed by atoms with Crippen LogP contribution in [-0.2, 0) is 17.9 Å². The second kappa shape index (κ2) is 11.6. The van der Waals surface area contributed by atoms with Crippen LogP contribution in [0.5, 0.6) is 11.5 Å². The van der Waals surface area contributed by atoms with Crippen LogP contribution in [0.1, 0.15) is 11.1 Å². The normalized spacial score (nSPS) is 11.2. The number of ether oxygens (including phenoxy) is 2. The van der Waals surface area contributed by atoms with E-state index in [4.69, 9.17) is 4.74 Å². The molecule has 9 heteroatoms. The standard InChI is InChI=1S/C21H26F2N4O3/c1-27(2)19(28)14-26-21(24-12-15-7-5-4-6-8-15)25-13-16-11-17(29-3)9-10-18(16)30-20(22)23/h4-11,20H,12-14H2,1-3H3,(H2,24,25,26). The number of amides is 1. The van der Waals surface area contributed by atoms with Crippen LogP contribution in [0.4, 0.5) is 8.78 Å². The monoisotopic (exact) mass is 420 g/mol. The van der Waals surface area contributed by atoms with Crippen LogP contribution in [0, 0.1) is 0 Å². The number of alkyl halides is 2. The molecule has 0 aromatic heterocycles. The number of nitrogens with zero attached hydrogens (tertiary/aromatic N) is 2. The fourth-order valence-electron chi connectivity index (χ4n) is 2.46. The van der Waals surface area contributed by atoms with Crippen molar-refractivity contribution in [3.8, 4) is 11.5 Å². The molecule has 0 aliphatic carbocycles. The highest BCUT2D eigenvalue weighted by molar-refractivity contribution is 5.86. The Labute approximate surface area is 174 Å². The zero-order valence-electron chi connectivity index (χ0n) is 17.2. The van der Waals surface area contributed by atoms with Crippen LogP contribution in [0.2, 0.25) is 0 Å². The molecule has 0 fully saturated rings. The maximum absolute atomic E-state index is 12.7. The lowest BCUT2D eigenvalue weighted by molar-refractivity contribution is -0.127. The second-order valence-corrected chi connectivity index (χ2v) is 6.50. The lowest BCUT2D eigenvalue weighted by Crippen LogP contribution is -2.42. The predicted octanol–water partition coefficient (Wildman–Crippen LogP) is 2.62. The van der Waals surface area contributed by atoms with E-state index in [1.54, 1.807) is 26.2 Å². The number of carbonyl (C=O) groups is 1. The van der Waals surface area contributed by atoms with Crippen molar-refractivity contribution < 1.29 is 23.0 Å². The molecule has 30 heavy (non-hydrogen) atoms. The fraction of sp³-hybridized carbons (Fsp3) is 0.333. The molecule has 0 saturated carbocycles. The number of hydrogen-bond acceptors (Lipinski definition) is 4. The van der Waals surface area contributed by atoms with Gasteiger partial charge in [-0.1, -0.05) is 30.3 Å². The first-order valence-electron chi connectivity index (χ1n) is 9.27. The summed E-state index contributed by atoms with van der Waals surface area (Å²) in [5.41, 5.74) is 1.45. The van der Waals surface area contributed by atoms with E-state index in [-0.39, 0.29) is 24.7 Å². The van der Waals surface area contributed by atoms with Crippen molar-refractivity contribution in [1.82, 2.24) is 15.5 Å². The van der Waals surface area contributed by atoms with E-state index in [0.29, 0.717) is 23.8 Å². The van der Waals surface area contributed by atoms with E-state index >= 15 is 0 Å². The molecule has 0 spiro atoms. The fourth-order valence-corrected chi connectivity index (χ4v) is 2.46. The third kappa shape index (κ3) is 7.57. The SMILES string of the molecule is COc1ccc(OC(F)F)c(CNC(=NCc2ccccc2)NCC(=O)N(C)C)c1. The van der Waals surface area contributed by atoms with Gasteiger partial charge in [0.1, 0.15) is 11.5 Å². The van der Waals surface area contributed by atoms with Crippen LogP contribution in [0.3, 0.4) is 0 Å². The Morgan fingerprint density at radius 3 is 2.50 bits per heavy atom. The van der Waals surface area contributed by atoms with Gasteiger partial charge in [0, 0.05) is 26.2 Å². The third-order valence-electron chi connectivity index (χ3n) is 4.10. The first-order valence-corrected chi connectivity index (χ1v) is 9.27. The van der Waals surface area contributed by atoms with E-state index in [0.717, 1.165) is 5.56 Å². The molecule has 0 radical (unpaired) electrons. The molecule has 0 bridgehead atoms. The van der Waals surface area contributed by atoms with Crippen molar-refractivity contribution in [3.05, 3.63) is 59.7 Å². The van der Waals surface area contributed by atoms with Crippen molar-refractivity contribution in [2.24, 2.45) is 4.99 Å². The Kier molecular flexibility index (Phi) is 8.86. The third-order valence-corrected chi connectivity index (χ3v) is 4.10. The summed E-state index contributed by atoms with van der Waals surface area (Å²) in [6, 6.07) is 14.2. The van der Waals surface area contributed by atoms with Gasteiger partial charge in [-0.15, -0.1) is 0 Å². The first-order chi connectivity index (χ1) is 14.4. The Balaban J connectivity index is 2.15. The largest absolute Gasteiger partial charge is 0.497 e. The van der Waals surface area contributed by atoms with Gasteiger partial charge in [-0.05, 0) is 23.8 Å². The van der Waals surface area contributed by atoms with Crippen LogP contribution < -0.4 is 20.1 Å². The minimum absolute atomic E-state index is 0.0325. The molecule has 1 amide bonds. The number of hydrogen-bond donors (Lipinski definition) is 2. The first kappa shape index (κ1) is 22.9. The van der Waals surface area contributed by atoms with Gasteiger partial charge in [0.25, 0.3) is 0 Å². The molecule has 0 unspecified atom stereocenters. The summed E-state index contributed by atoms with van der Waals surface area (Å²) in [6.07, 6.45) is 0. The summed E-state index contributed by atoms with van der Waals surface area (Å²) in [5, 5.41) is 6.01. The molecule has 2 aromatic carbocycles. The topological polar surface area (TPSA) is 75.2 Å². The lowest BCUT2D eigenvalue weighted by atomic mass is 10.2. The smallest absolute Gasteiger partial charge is 0.387 e. The summed E-state index contributed by atoms with van der Waals surface area (Å²) in [5.74, 6) is 0.768. The van der Waals surface area contributed by atoms with Gasteiger partial charge >= 0.3 is 6.61 Å². The molecule has 2 aromatic rings. The maximum atomic E-state index is 12.7. The molecule has 2 N–H and O–H groups in total. The summed E-state index contributed by atoms with van der Waals surface area (Å²) in [4.78, 5) is 17.8. The zero-order chi connectivity index (χ0) is 21.9. The summed E-state index contributed by atoms with van der Waals surface area (Å²) in [6.45, 7) is -2.40. The number of carbonyl (C=O) groups excluding carboxylic acids is 1. The molecule has 7 nitrogen and oxygen atoms in total. The van der Waals surface area contributed by atoms with Crippen LogP contribution in [-0.4, -0.2) is 51.1 Å². The molecular formula is C21H26F2N4O3. The molecule has 0 aliphatic rings. The number of benzene rings is 2. The molecule has 0 atom stereocenters. The Morgan fingerprint density at radius 2 is 1.87 bits per heavy atom. The predicted molar refractivity (Wildman–Crippen MR) is 111 cm³/mol. The number of guanidine groups is 1. The number of aliphatic imine (C=N–C) groups is 1. The molecular weight excluding hydrogens is 394 g/mol. The quantitative estimate of drug-likeness (QED) is 0.482. The second-order valence-electron chi connectivity index (χ2n) is 6.50. The highest BCUT2D eigenvalue weighted by Crippen LogP contribution is 2.25. The van der Waals surface area contributed by atoms with Crippen molar-refractivity contribution >= 4 is 11.9 Å². The molecule has 0 heterocycles. The summed E-state index contributed by atoms with van der Waals surface area (Å²) in [7, 11) is 4.80. The molecule has 0 aliphatic heterocycles. The molecule has 162 valence electrons. The van der Waals surface area contributed by atoms with Crippen molar-refractivity contribution in [3.63, 3.8) is 0 Å². The minimum Gasteiger partial charge on any atom is -0.497 e. The number of halogens is 2. The summed E-state index contributed by atoms with van der Waals surface area (Å²) >= 11 is 0. The van der Waals surface area contributed by atoms with Crippen LogP contribution in [0.15, 0.2) is 53.5 Å². The van der Waals surface area contributed by atoms with E-state index < -0.39 is 6.61 Å². The van der Waals surface area contributed by atoms with E-state index in [2.05, 4.69) is 20.4 Å². The van der Waals surface area contributed by atoms with E-state index in [9.17, 15) is 13.6 Å². The van der Waals surface area contributed by atoms with E-state index in [1.165, 1.54) is 18.1 Å². The van der Waals surface area contributed by atoms with Crippen molar-refractivity contribution in [2.75, 3.05) is 27.7 Å². The van der Waals surface area contributed by atoms with Gasteiger partial charge in [0.15, 0.2) is 5.96 Å². The highest BCUT2D eigenvalue weighted by atomic mass is 19.3. The van der Waals surface area contributed by atoms with Gasteiger partial charge in [-0.2, -0.15) is 8.78 Å². The number of nitrogens with one attached hydrogen (secondary N) is 2. The molecule has 2 rings (SSSR count).